The number of fused-ring (bicyclic) bond motifs is 1. The van der Waals surface area contributed by atoms with Crippen molar-refractivity contribution >= 4 is 22.9 Å². The van der Waals surface area contributed by atoms with Gasteiger partial charge in [-0.3, -0.25) is 4.79 Å². The third kappa shape index (κ3) is 3.30. The van der Waals surface area contributed by atoms with Gasteiger partial charge in [-0.25, -0.2) is 19.2 Å². The van der Waals surface area contributed by atoms with Gasteiger partial charge in [0.25, 0.3) is 5.91 Å². The first kappa shape index (κ1) is 17.2. The van der Waals surface area contributed by atoms with Crippen molar-refractivity contribution < 1.29 is 23.8 Å². The number of aryl methyl sites for hydroxylation is 2. The second-order valence-corrected chi connectivity index (χ2v) is 6.20. The van der Waals surface area contributed by atoms with Crippen LogP contribution in [0.5, 0.6) is 0 Å². The van der Waals surface area contributed by atoms with Crippen LogP contribution in [0.2, 0.25) is 0 Å². The van der Waals surface area contributed by atoms with Gasteiger partial charge in [0.15, 0.2) is 6.10 Å². The zero-order valence-corrected chi connectivity index (χ0v) is 14.1. The van der Waals surface area contributed by atoms with Gasteiger partial charge in [0.1, 0.15) is 11.3 Å². The molecule has 132 valence electrons. The summed E-state index contributed by atoms with van der Waals surface area (Å²) in [5.74, 6) is -2.22. The number of carbonyl (C=O) groups excluding carboxylic acids is 1. The number of hydrogen-bond acceptors (Lipinski definition) is 5. The number of nitrogens with zero attached hydrogens (tertiary/aromatic N) is 3. The summed E-state index contributed by atoms with van der Waals surface area (Å²) in [5.41, 5.74) is 1.97. The van der Waals surface area contributed by atoms with E-state index in [1.807, 2.05) is 0 Å². The van der Waals surface area contributed by atoms with E-state index in [0.29, 0.717) is 22.4 Å². The monoisotopic (exact) mass is 347 g/mol. The lowest BCUT2D eigenvalue weighted by molar-refractivity contribution is -0.160. The van der Waals surface area contributed by atoms with Crippen LogP contribution in [-0.4, -0.2) is 57.1 Å². The van der Waals surface area contributed by atoms with E-state index in [-0.39, 0.29) is 18.7 Å². The molecular weight excluding hydrogens is 329 g/mol. The van der Waals surface area contributed by atoms with Crippen molar-refractivity contribution in [3.05, 3.63) is 34.9 Å². The van der Waals surface area contributed by atoms with Gasteiger partial charge in [-0.1, -0.05) is 0 Å². The Morgan fingerprint density at radius 3 is 2.60 bits per heavy atom. The van der Waals surface area contributed by atoms with Crippen molar-refractivity contribution in [2.24, 2.45) is 0 Å². The quantitative estimate of drug-likeness (QED) is 0.889. The number of hydrogen-bond donors (Lipinski definition) is 1. The molecule has 1 amide bonds. The largest absolute Gasteiger partial charge is 0.479 e. The number of aliphatic carboxylic acids is 1. The minimum atomic E-state index is -1.14. The molecule has 1 fully saturated rings. The molecular formula is C17H18FN3O4. The highest BCUT2D eigenvalue weighted by molar-refractivity contribution is 6.05. The van der Waals surface area contributed by atoms with E-state index >= 15 is 0 Å². The molecule has 1 aliphatic heterocycles. The number of ether oxygens (including phenoxy) is 1. The smallest absolute Gasteiger partial charge is 0.334 e. The Balaban J connectivity index is 2.04. The molecule has 0 spiro atoms. The fraction of sp³-hybridized carbons (Fsp3) is 0.412. The molecule has 0 bridgehead atoms. The van der Waals surface area contributed by atoms with Crippen LogP contribution in [0.25, 0.3) is 11.0 Å². The maximum Gasteiger partial charge on any atom is 0.334 e. The highest BCUT2D eigenvalue weighted by Crippen LogP contribution is 2.22. The Bertz CT molecular complexity index is 871. The molecule has 2 atom stereocenters. The van der Waals surface area contributed by atoms with E-state index < -0.39 is 29.9 Å². The minimum Gasteiger partial charge on any atom is -0.479 e. The van der Waals surface area contributed by atoms with Crippen LogP contribution in [0, 0.1) is 19.7 Å². The Hall–Kier alpha value is -2.61. The molecule has 2 heterocycles. The predicted molar refractivity (Wildman–Crippen MR) is 86.8 cm³/mol. The molecule has 0 saturated carbocycles. The molecule has 1 aromatic heterocycles. The summed E-state index contributed by atoms with van der Waals surface area (Å²) in [4.78, 5) is 34.2. The summed E-state index contributed by atoms with van der Waals surface area (Å²) in [6, 6.07) is 2.34. The average molecular weight is 347 g/mol. The van der Waals surface area contributed by atoms with Crippen molar-refractivity contribution in [2.45, 2.75) is 33.0 Å². The summed E-state index contributed by atoms with van der Waals surface area (Å²) in [5, 5.41) is 9.16. The van der Waals surface area contributed by atoms with Crippen molar-refractivity contribution in [1.82, 2.24) is 14.9 Å². The molecule has 2 aromatic rings. The van der Waals surface area contributed by atoms with Crippen LogP contribution in [0.15, 0.2) is 12.1 Å². The van der Waals surface area contributed by atoms with E-state index in [1.54, 1.807) is 20.8 Å². The summed E-state index contributed by atoms with van der Waals surface area (Å²) in [7, 11) is 0. The Morgan fingerprint density at radius 2 is 1.92 bits per heavy atom. The van der Waals surface area contributed by atoms with Gasteiger partial charge in [0, 0.05) is 12.6 Å². The number of aromatic nitrogens is 2. The van der Waals surface area contributed by atoms with E-state index in [2.05, 4.69) is 9.97 Å². The number of halogens is 1. The van der Waals surface area contributed by atoms with Crippen LogP contribution in [0.1, 0.15) is 28.7 Å². The highest BCUT2D eigenvalue weighted by Gasteiger charge is 2.34. The van der Waals surface area contributed by atoms with Crippen LogP contribution < -0.4 is 0 Å². The lowest BCUT2D eigenvalue weighted by atomic mass is 10.1. The molecule has 3 rings (SSSR count). The molecule has 1 aliphatic rings. The second kappa shape index (κ2) is 6.36. The topological polar surface area (TPSA) is 92.6 Å². The number of carboxylic acids is 1. The van der Waals surface area contributed by atoms with Crippen molar-refractivity contribution in [3.8, 4) is 0 Å². The van der Waals surface area contributed by atoms with Crippen LogP contribution in [0.4, 0.5) is 4.39 Å². The molecule has 1 N–H and O–H groups in total. The average Bonchev–Trinajstić information content (AvgIpc) is 2.54. The van der Waals surface area contributed by atoms with E-state index in [4.69, 9.17) is 9.84 Å². The van der Waals surface area contributed by atoms with Crippen LogP contribution >= 0.6 is 0 Å². The first-order chi connectivity index (χ1) is 11.8. The normalized spacial score (nSPS) is 20.7. The van der Waals surface area contributed by atoms with Crippen molar-refractivity contribution in [2.75, 3.05) is 13.1 Å². The van der Waals surface area contributed by atoms with Crippen LogP contribution in [-0.2, 0) is 9.53 Å². The third-order valence-electron chi connectivity index (χ3n) is 4.20. The SMILES string of the molecule is Cc1nc2cc(F)cc(C(=O)N3CC(C(=O)O)O[C@H](C)C3)c2nc1C. The molecule has 8 heteroatoms. The van der Waals surface area contributed by atoms with Crippen molar-refractivity contribution in [1.29, 1.82) is 0 Å². The third-order valence-corrected chi connectivity index (χ3v) is 4.20. The van der Waals surface area contributed by atoms with E-state index in [9.17, 15) is 14.0 Å². The van der Waals surface area contributed by atoms with Gasteiger partial charge in [0.05, 0.1) is 35.1 Å². The van der Waals surface area contributed by atoms with Gasteiger partial charge in [-0.2, -0.15) is 0 Å². The maximum atomic E-state index is 14.0. The highest BCUT2D eigenvalue weighted by atomic mass is 19.1. The fourth-order valence-electron chi connectivity index (χ4n) is 2.88. The van der Waals surface area contributed by atoms with Gasteiger partial charge >= 0.3 is 5.97 Å². The molecule has 7 nitrogen and oxygen atoms in total. The molecule has 0 aliphatic carbocycles. The Labute approximate surface area is 143 Å². The summed E-state index contributed by atoms with van der Waals surface area (Å²) < 4.78 is 19.3. The second-order valence-electron chi connectivity index (χ2n) is 6.20. The van der Waals surface area contributed by atoms with E-state index in [1.165, 1.54) is 11.0 Å². The number of rotatable bonds is 2. The number of amides is 1. The summed E-state index contributed by atoms with van der Waals surface area (Å²) >= 11 is 0. The molecule has 25 heavy (non-hydrogen) atoms. The first-order valence-electron chi connectivity index (χ1n) is 7.88. The van der Waals surface area contributed by atoms with Gasteiger partial charge in [-0.05, 0) is 26.8 Å². The number of carbonyl (C=O) groups is 2. The predicted octanol–water partition coefficient (Wildman–Crippen LogP) is 1.70. The molecule has 1 aromatic carbocycles. The summed E-state index contributed by atoms with van der Waals surface area (Å²) in [6.45, 7) is 5.33. The molecule has 1 saturated heterocycles. The Morgan fingerprint density at radius 1 is 1.24 bits per heavy atom. The number of benzene rings is 1. The lowest BCUT2D eigenvalue weighted by Crippen LogP contribution is -2.51. The summed E-state index contributed by atoms with van der Waals surface area (Å²) in [6.07, 6.45) is -1.55. The van der Waals surface area contributed by atoms with Crippen molar-refractivity contribution in [3.63, 3.8) is 0 Å². The fourth-order valence-corrected chi connectivity index (χ4v) is 2.88. The zero-order valence-electron chi connectivity index (χ0n) is 14.1. The standard InChI is InChI=1S/C17H18FN3O4/c1-8-6-21(7-14(25-8)17(23)24)16(22)12-4-11(18)5-13-15(12)20-10(3)9(2)19-13/h4-5,8,14H,6-7H2,1-3H3,(H,23,24)/t8-,14?/m1/s1. The minimum absolute atomic E-state index is 0.0730. The maximum absolute atomic E-state index is 14.0. The van der Waals surface area contributed by atoms with Gasteiger partial charge in [-0.15, -0.1) is 0 Å². The van der Waals surface area contributed by atoms with Gasteiger partial charge < -0.3 is 14.7 Å². The molecule has 1 unspecified atom stereocenters. The van der Waals surface area contributed by atoms with E-state index in [0.717, 1.165) is 6.07 Å². The number of morpholine rings is 1. The molecule has 0 radical (unpaired) electrons. The van der Waals surface area contributed by atoms with Crippen LogP contribution in [0.3, 0.4) is 0 Å². The Kier molecular flexibility index (Phi) is 4.38. The zero-order chi connectivity index (χ0) is 18.3. The van der Waals surface area contributed by atoms with Gasteiger partial charge in [0.2, 0.25) is 0 Å². The lowest BCUT2D eigenvalue weighted by Gasteiger charge is -2.35. The number of carboxylic acid groups (broad SMARTS) is 1. The first-order valence-corrected chi connectivity index (χ1v) is 7.88.